The van der Waals surface area contributed by atoms with Crippen LogP contribution in [0.4, 0.5) is 0 Å². The van der Waals surface area contributed by atoms with E-state index < -0.39 is 0 Å². The fraction of sp³-hybridized carbons (Fsp3) is 0.733. The van der Waals surface area contributed by atoms with Gasteiger partial charge in [-0.05, 0) is 37.8 Å². The minimum Gasteiger partial charge on any atom is -0.378 e. The quantitative estimate of drug-likeness (QED) is 0.897. The normalized spacial score (nSPS) is 22.5. The molecule has 3 heterocycles. The Morgan fingerprint density at radius 1 is 1.37 bits per heavy atom. The van der Waals surface area contributed by atoms with Gasteiger partial charge in [-0.3, -0.25) is 0 Å². The summed E-state index contributed by atoms with van der Waals surface area (Å²) >= 11 is 0. The highest BCUT2D eigenvalue weighted by atomic mass is 16.5. The first-order chi connectivity index (χ1) is 9.36. The minimum absolute atomic E-state index is 0.337. The summed E-state index contributed by atoms with van der Waals surface area (Å²) in [5.74, 6) is 0.984. The number of fused-ring (bicyclic) bond motifs is 1. The van der Waals surface area contributed by atoms with E-state index in [2.05, 4.69) is 12.2 Å². The summed E-state index contributed by atoms with van der Waals surface area (Å²) in [5.41, 5.74) is 3.90. The molecule has 1 saturated heterocycles. The van der Waals surface area contributed by atoms with E-state index in [0.717, 1.165) is 57.6 Å². The lowest BCUT2D eigenvalue weighted by atomic mass is 10.0. The summed E-state index contributed by atoms with van der Waals surface area (Å²) in [4.78, 5) is 9.59. The molecule has 1 atom stereocenters. The molecule has 0 aromatic carbocycles. The summed E-state index contributed by atoms with van der Waals surface area (Å²) in [5, 5.41) is 3.41. The van der Waals surface area contributed by atoms with E-state index in [4.69, 9.17) is 14.7 Å². The van der Waals surface area contributed by atoms with Gasteiger partial charge >= 0.3 is 0 Å². The van der Waals surface area contributed by atoms with E-state index in [0.29, 0.717) is 6.10 Å². The first kappa shape index (κ1) is 13.0. The van der Waals surface area contributed by atoms with E-state index in [1.807, 2.05) is 0 Å². The van der Waals surface area contributed by atoms with Crippen molar-refractivity contribution in [3.05, 3.63) is 22.8 Å². The second-order valence-corrected chi connectivity index (χ2v) is 5.53. The molecule has 0 saturated carbocycles. The molecule has 1 fully saturated rings. The molecule has 3 rings (SSSR count). The number of ether oxygens (including phenoxy) is 1. The fourth-order valence-electron chi connectivity index (χ4n) is 3.04. The topological polar surface area (TPSA) is 47.0 Å². The van der Waals surface area contributed by atoms with Crippen LogP contribution in [0.25, 0.3) is 0 Å². The Labute approximate surface area is 115 Å². The summed E-state index contributed by atoms with van der Waals surface area (Å²) < 4.78 is 5.71. The summed E-state index contributed by atoms with van der Waals surface area (Å²) in [6.45, 7) is 5.07. The van der Waals surface area contributed by atoms with Crippen molar-refractivity contribution < 1.29 is 4.74 Å². The number of nitrogens with one attached hydrogen (secondary N) is 1. The Morgan fingerprint density at radius 3 is 3.11 bits per heavy atom. The predicted molar refractivity (Wildman–Crippen MR) is 74.1 cm³/mol. The van der Waals surface area contributed by atoms with Crippen LogP contribution in [0.2, 0.25) is 0 Å². The van der Waals surface area contributed by atoms with Gasteiger partial charge in [0.2, 0.25) is 0 Å². The van der Waals surface area contributed by atoms with Gasteiger partial charge in [0.1, 0.15) is 5.82 Å². The smallest absolute Gasteiger partial charge is 0.131 e. The largest absolute Gasteiger partial charge is 0.378 e. The van der Waals surface area contributed by atoms with E-state index in [1.54, 1.807) is 0 Å². The van der Waals surface area contributed by atoms with Crippen molar-refractivity contribution in [2.45, 2.75) is 58.1 Å². The standard InChI is InChI=1S/C15H23N3O/c1-2-4-13-12-6-7-16-10-14(12)18-15(17-13)9-11-5-3-8-19-11/h11,16H,2-10H2,1H3. The Morgan fingerprint density at radius 2 is 2.32 bits per heavy atom. The fourth-order valence-corrected chi connectivity index (χ4v) is 3.04. The second kappa shape index (κ2) is 5.97. The molecule has 1 unspecified atom stereocenters. The van der Waals surface area contributed by atoms with Gasteiger partial charge in [-0.15, -0.1) is 0 Å². The second-order valence-electron chi connectivity index (χ2n) is 5.53. The third kappa shape index (κ3) is 2.95. The number of rotatable bonds is 4. The van der Waals surface area contributed by atoms with E-state index in [1.165, 1.54) is 23.4 Å². The molecule has 0 aliphatic carbocycles. The molecule has 1 N–H and O–H groups in total. The van der Waals surface area contributed by atoms with Crippen LogP contribution in [-0.4, -0.2) is 29.2 Å². The maximum Gasteiger partial charge on any atom is 0.131 e. The van der Waals surface area contributed by atoms with Crippen molar-refractivity contribution in [3.8, 4) is 0 Å². The Kier molecular flexibility index (Phi) is 4.09. The first-order valence-corrected chi connectivity index (χ1v) is 7.56. The predicted octanol–water partition coefficient (Wildman–Crippen LogP) is 1.80. The summed E-state index contributed by atoms with van der Waals surface area (Å²) in [6.07, 6.45) is 6.85. The van der Waals surface area contributed by atoms with Gasteiger partial charge in [-0.1, -0.05) is 13.3 Å². The Bertz CT molecular complexity index is 441. The maximum absolute atomic E-state index is 5.71. The van der Waals surface area contributed by atoms with Gasteiger partial charge in [0.15, 0.2) is 0 Å². The lowest BCUT2D eigenvalue weighted by molar-refractivity contribution is 0.109. The average molecular weight is 261 g/mol. The van der Waals surface area contributed by atoms with Crippen molar-refractivity contribution in [1.82, 2.24) is 15.3 Å². The van der Waals surface area contributed by atoms with Gasteiger partial charge < -0.3 is 10.1 Å². The van der Waals surface area contributed by atoms with Crippen LogP contribution in [0.5, 0.6) is 0 Å². The lowest BCUT2D eigenvalue weighted by Gasteiger charge is -2.20. The Balaban J connectivity index is 1.85. The molecule has 0 radical (unpaired) electrons. The van der Waals surface area contributed by atoms with Crippen molar-refractivity contribution in [3.63, 3.8) is 0 Å². The van der Waals surface area contributed by atoms with Gasteiger partial charge in [-0.25, -0.2) is 9.97 Å². The van der Waals surface area contributed by atoms with Gasteiger partial charge in [0.05, 0.1) is 11.8 Å². The molecule has 1 aromatic heterocycles. The van der Waals surface area contributed by atoms with Crippen molar-refractivity contribution in [2.75, 3.05) is 13.2 Å². The molecule has 0 bridgehead atoms. The van der Waals surface area contributed by atoms with Crippen LogP contribution in [0.3, 0.4) is 0 Å². The third-order valence-corrected chi connectivity index (χ3v) is 3.99. The van der Waals surface area contributed by atoms with Crippen molar-refractivity contribution in [1.29, 1.82) is 0 Å². The zero-order valence-corrected chi connectivity index (χ0v) is 11.7. The number of aromatic nitrogens is 2. The van der Waals surface area contributed by atoms with Crippen LogP contribution >= 0.6 is 0 Å². The number of hydrogen-bond acceptors (Lipinski definition) is 4. The zero-order valence-electron chi connectivity index (χ0n) is 11.7. The SMILES string of the molecule is CCCc1nc(CC2CCCO2)nc2c1CCNC2. The molecule has 104 valence electrons. The molecule has 4 nitrogen and oxygen atoms in total. The molecule has 2 aliphatic rings. The van der Waals surface area contributed by atoms with Crippen LogP contribution in [0.1, 0.15) is 49.0 Å². The van der Waals surface area contributed by atoms with Crippen LogP contribution in [0.15, 0.2) is 0 Å². The highest BCUT2D eigenvalue weighted by Crippen LogP contribution is 2.20. The maximum atomic E-state index is 5.71. The van der Waals surface area contributed by atoms with Crippen LogP contribution in [-0.2, 0) is 30.5 Å². The first-order valence-electron chi connectivity index (χ1n) is 7.56. The van der Waals surface area contributed by atoms with Crippen molar-refractivity contribution >= 4 is 0 Å². The summed E-state index contributed by atoms with van der Waals surface area (Å²) in [6, 6.07) is 0. The minimum atomic E-state index is 0.337. The highest BCUT2D eigenvalue weighted by molar-refractivity contribution is 5.28. The zero-order chi connectivity index (χ0) is 13.1. The lowest BCUT2D eigenvalue weighted by Crippen LogP contribution is -2.27. The van der Waals surface area contributed by atoms with Crippen LogP contribution in [0, 0.1) is 0 Å². The van der Waals surface area contributed by atoms with Crippen molar-refractivity contribution in [2.24, 2.45) is 0 Å². The van der Waals surface area contributed by atoms with Gasteiger partial charge in [-0.2, -0.15) is 0 Å². The molecule has 0 spiro atoms. The van der Waals surface area contributed by atoms with Crippen LogP contribution < -0.4 is 5.32 Å². The molecule has 4 heteroatoms. The Hall–Kier alpha value is -1.00. The third-order valence-electron chi connectivity index (χ3n) is 3.99. The average Bonchev–Trinajstić information content (AvgIpc) is 2.92. The number of hydrogen-bond donors (Lipinski definition) is 1. The molecular formula is C15H23N3O. The van der Waals surface area contributed by atoms with E-state index in [-0.39, 0.29) is 0 Å². The number of nitrogens with zero attached hydrogens (tertiary/aromatic N) is 2. The summed E-state index contributed by atoms with van der Waals surface area (Å²) in [7, 11) is 0. The highest BCUT2D eigenvalue weighted by Gasteiger charge is 2.21. The molecule has 19 heavy (non-hydrogen) atoms. The number of aryl methyl sites for hydroxylation is 1. The monoisotopic (exact) mass is 261 g/mol. The van der Waals surface area contributed by atoms with E-state index in [9.17, 15) is 0 Å². The van der Waals surface area contributed by atoms with E-state index >= 15 is 0 Å². The van der Waals surface area contributed by atoms with Gasteiger partial charge in [0.25, 0.3) is 0 Å². The molecule has 1 aromatic rings. The molecule has 2 aliphatic heterocycles. The molecule has 0 amide bonds. The van der Waals surface area contributed by atoms with Gasteiger partial charge in [0, 0.05) is 25.3 Å². The molecular weight excluding hydrogens is 238 g/mol.